The van der Waals surface area contributed by atoms with E-state index in [4.69, 9.17) is 23.8 Å². The highest BCUT2D eigenvalue weighted by Gasteiger charge is 2.32. The van der Waals surface area contributed by atoms with Crippen molar-refractivity contribution >= 4 is 57.9 Å². The maximum atomic E-state index is 13.6. The van der Waals surface area contributed by atoms with Crippen LogP contribution in [0.1, 0.15) is 5.56 Å². The van der Waals surface area contributed by atoms with Crippen LogP contribution in [-0.2, 0) is 9.59 Å². The molecule has 0 aromatic heterocycles. The van der Waals surface area contributed by atoms with Crippen molar-refractivity contribution in [3.05, 3.63) is 39.5 Å². The molecule has 1 fully saturated rings. The number of thiocarbonyl (C=S) groups is 1. The third-order valence-corrected chi connectivity index (χ3v) is 4.14. The average molecular weight is 331 g/mol. The Morgan fingerprint density at radius 2 is 2.25 bits per heavy atom. The predicted molar refractivity (Wildman–Crippen MR) is 76.3 cm³/mol. The lowest BCUT2D eigenvalue weighted by Crippen LogP contribution is -2.40. The molecule has 0 radical (unpaired) electrons. The number of carboxylic acids is 1. The summed E-state index contributed by atoms with van der Waals surface area (Å²) in [6, 6.07) is 4.13. The van der Waals surface area contributed by atoms with Gasteiger partial charge in [0.25, 0.3) is 5.91 Å². The summed E-state index contributed by atoms with van der Waals surface area (Å²) in [5.74, 6) is -2.61. The maximum Gasteiger partial charge on any atom is 0.266 e. The van der Waals surface area contributed by atoms with Crippen molar-refractivity contribution in [1.29, 1.82) is 0 Å². The second-order valence-corrected chi connectivity index (χ2v) is 5.86. The molecule has 2 rings (SSSR count). The molecule has 1 aromatic rings. The molecule has 0 aliphatic carbocycles. The lowest BCUT2D eigenvalue weighted by molar-refractivity contribution is -0.305. The summed E-state index contributed by atoms with van der Waals surface area (Å²) in [6.45, 7) is -0.632. The zero-order valence-corrected chi connectivity index (χ0v) is 12.1. The molecule has 104 valence electrons. The molecule has 1 aliphatic heterocycles. The predicted octanol–water partition coefficient (Wildman–Crippen LogP) is 1.43. The Kier molecular flexibility index (Phi) is 4.42. The SMILES string of the molecule is O=C([O-])CN1C(=O)/C(=C/c2c(F)cccc2Cl)SC1=S. The number of halogens is 2. The van der Waals surface area contributed by atoms with Crippen LogP contribution in [0.5, 0.6) is 0 Å². The van der Waals surface area contributed by atoms with E-state index in [0.717, 1.165) is 16.7 Å². The van der Waals surface area contributed by atoms with Gasteiger partial charge in [-0.25, -0.2) is 4.39 Å². The number of nitrogens with zero attached hydrogens (tertiary/aromatic N) is 1. The fourth-order valence-corrected chi connectivity index (χ4v) is 3.00. The minimum atomic E-state index is -1.42. The minimum Gasteiger partial charge on any atom is -0.548 e. The van der Waals surface area contributed by atoms with E-state index in [1.54, 1.807) is 0 Å². The van der Waals surface area contributed by atoms with Crippen molar-refractivity contribution in [2.45, 2.75) is 0 Å². The van der Waals surface area contributed by atoms with Crippen LogP contribution in [0.2, 0.25) is 5.02 Å². The highest BCUT2D eigenvalue weighted by atomic mass is 35.5. The van der Waals surface area contributed by atoms with Gasteiger partial charge in [0.05, 0.1) is 22.4 Å². The molecule has 1 heterocycles. The number of hydrogen-bond acceptors (Lipinski definition) is 5. The molecule has 0 saturated carbocycles. The second-order valence-electron chi connectivity index (χ2n) is 3.78. The Hall–Kier alpha value is -1.44. The van der Waals surface area contributed by atoms with Gasteiger partial charge in [0.15, 0.2) is 0 Å². The summed E-state index contributed by atoms with van der Waals surface area (Å²) in [5.41, 5.74) is 0.0584. The third kappa shape index (κ3) is 3.00. The smallest absolute Gasteiger partial charge is 0.266 e. The summed E-state index contributed by atoms with van der Waals surface area (Å²) in [7, 11) is 0. The average Bonchev–Trinajstić information content (AvgIpc) is 2.61. The number of rotatable bonds is 3. The van der Waals surface area contributed by atoms with Crippen LogP contribution >= 0.6 is 35.6 Å². The van der Waals surface area contributed by atoms with Crippen LogP contribution in [0.15, 0.2) is 23.1 Å². The van der Waals surface area contributed by atoms with Gasteiger partial charge < -0.3 is 9.90 Å². The Morgan fingerprint density at radius 3 is 2.85 bits per heavy atom. The van der Waals surface area contributed by atoms with E-state index in [2.05, 4.69) is 0 Å². The van der Waals surface area contributed by atoms with Crippen molar-refractivity contribution in [1.82, 2.24) is 4.90 Å². The van der Waals surface area contributed by atoms with E-state index in [9.17, 15) is 19.1 Å². The molecule has 0 spiro atoms. The minimum absolute atomic E-state index is 0.0584. The quantitative estimate of drug-likeness (QED) is 0.620. The Balaban J connectivity index is 2.35. The highest BCUT2D eigenvalue weighted by molar-refractivity contribution is 8.26. The molecular weight excluding hydrogens is 325 g/mol. The molecule has 0 unspecified atom stereocenters. The van der Waals surface area contributed by atoms with Gasteiger partial charge in [-0.15, -0.1) is 0 Å². The van der Waals surface area contributed by atoms with Gasteiger partial charge in [0.1, 0.15) is 10.1 Å². The van der Waals surface area contributed by atoms with Crippen LogP contribution in [0.25, 0.3) is 6.08 Å². The first kappa shape index (κ1) is 15.0. The van der Waals surface area contributed by atoms with Gasteiger partial charge in [-0.3, -0.25) is 9.69 Å². The molecule has 8 heteroatoms. The number of amides is 1. The fourth-order valence-electron chi connectivity index (χ4n) is 1.55. The molecule has 1 aliphatic rings. The van der Waals surface area contributed by atoms with Crippen LogP contribution < -0.4 is 5.11 Å². The van der Waals surface area contributed by atoms with E-state index < -0.39 is 24.2 Å². The standard InChI is InChI=1S/C12H7ClFNO3S2/c13-7-2-1-3-8(14)6(7)4-9-11(18)15(5-10(16)17)12(19)20-9/h1-4H,5H2,(H,16,17)/p-1/b9-4-. The van der Waals surface area contributed by atoms with Crippen LogP contribution in [0, 0.1) is 5.82 Å². The van der Waals surface area contributed by atoms with E-state index >= 15 is 0 Å². The largest absolute Gasteiger partial charge is 0.548 e. The Labute approximate surface area is 128 Å². The number of benzene rings is 1. The summed E-state index contributed by atoms with van der Waals surface area (Å²) in [6.07, 6.45) is 1.26. The van der Waals surface area contributed by atoms with Gasteiger partial charge in [0.2, 0.25) is 0 Å². The topological polar surface area (TPSA) is 60.4 Å². The first-order valence-corrected chi connectivity index (χ1v) is 6.89. The summed E-state index contributed by atoms with van der Waals surface area (Å²) >= 11 is 11.6. The number of hydrogen-bond donors (Lipinski definition) is 0. The molecule has 1 amide bonds. The van der Waals surface area contributed by atoms with Crippen molar-refractivity contribution in [2.75, 3.05) is 6.54 Å². The van der Waals surface area contributed by atoms with E-state index in [-0.39, 0.29) is 19.8 Å². The number of carboxylic acid groups (broad SMARTS) is 1. The number of carbonyl (C=O) groups is 2. The van der Waals surface area contributed by atoms with Crippen molar-refractivity contribution < 1.29 is 19.1 Å². The highest BCUT2D eigenvalue weighted by Crippen LogP contribution is 2.34. The first-order valence-electron chi connectivity index (χ1n) is 5.29. The molecular formula is C12H6ClFNO3S2-. The van der Waals surface area contributed by atoms with Gasteiger partial charge in [-0.2, -0.15) is 0 Å². The molecule has 4 nitrogen and oxygen atoms in total. The number of carbonyl (C=O) groups excluding carboxylic acids is 2. The number of aliphatic carboxylic acids is 1. The maximum absolute atomic E-state index is 13.6. The van der Waals surface area contributed by atoms with Crippen LogP contribution in [-0.4, -0.2) is 27.6 Å². The molecule has 0 bridgehead atoms. The van der Waals surface area contributed by atoms with E-state index in [1.807, 2.05) is 0 Å². The molecule has 1 saturated heterocycles. The van der Waals surface area contributed by atoms with E-state index in [1.165, 1.54) is 24.3 Å². The Bertz CT molecular complexity index is 627. The van der Waals surface area contributed by atoms with Crippen LogP contribution in [0.4, 0.5) is 4.39 Å². The monoisotopic (exact) mass is 330 g/mol. The van der Waals surface area contributed by atoms with Gasteiger partial charge >= 0.3 is 0 Å². The third-order valence-electron chi connectivity index (χ3n) is 2.44. The van der Waals surface area contributed by atoms with Crippen molar-refractivity contribution in [3.63, 3.8) is 0 Å². The van der Waals surface area contributed by atoms with E-state index in [0.29, 0.717) is 0 Å². The van der Waals surface area contributed by atoms with Gasteiger partial charge in [-0.1, -0.05) is 41.6 Å². The summed E-state index contributed by atoms with van der Waals surface area (Å²) < 4.78 is 13.7. The molecule has 0 N–H and O–H groups in total. The second kappa shape index (κ2) is 5.90. The molecule has 20 heavy (non-hydrogen) atoms. The first-order chi connectivity index (χ1) is 9.40. The zero-order valence-electron chi connectivity index (χ0n) is 9.76. The number of thioether (sulfide) groups is 1. The zero-order chi connectivity index (χ0) is 14.9. The fraction of sp³-hybridized carbons (Fsp3) is 0.0833. The summed E-state index contributed by atoms with van der Waals surface area (Å²) in [4.78, 5) is 23.5. The van der Waals surface area contributed by atoms with Gasteiger partial charge in [-0.05, 0) is 18.2 Å². The van der Waals surface area contributed by atoms with Crippen molar-refractivity contribution in [2.24, 2.45) is 0 Å². The molecule has 0 atom stereocenters. The summed E-state index contributed by atoms with van der Waals surface area (Å²) in [5, 5.41) is 10.7. The van der Waals surface area contributed by atoms with Gasteiger partial charge in [0, 0.05) is 5.56 Å². The van der Waals surface area contributed by atoms with Crippen molar-refractivity contribution in [3.8, 4) is 0 Å². The lowest BCUT2D eigenvalue weighted by Gasteiger charge is -2.14. The Morgan fingerprint density at radius 1 is 1.55 bits per heavy atom. The normalized spacial score (nSPS) is 17.1. The lowest BCUT2D eigenvalue weighted by atomic mass is 10.2. The van der Waals surface area contributed by atoms with Crippen LogP contribution in [0.3, 0.4) is 0 Å². The molecule has 1 aromatic carbocycles.